The van der Waals surface area contributed by atoms with Crippen LogP contribution in [0.5, 0.6) is 5.75 Å². The summed E-state index contributed by atoms with van der Waals surface area (Å²) in [4.78, 5) is 40.4. The van der Waals surface area contributed by atoms with Gasteiger partial charge >= 0.3 is 0 Å². The van der Waals surface area contributed by atoms with Gasteiger partial charge in [-0.25, -0.2) is 0 Å². The number of amides is 3. The summed E-state index contributed by atoms with van der Waals surface area (Å²) in [5.74, 6) is -0.230. The van der Waals surface area contributed by atoms with Crippen LogP contribution in [0, 0.1) is 6.92 Å². The summed E-state index contributed by atoms with van der Waals surface area (Å²) in [6, 6.07) is 12.9. The predicted octanol–water partition coefficient (Wildman–Crippen LogP) is 3.24. The smallest absolute Gasteiger partial charge is 0.265 e. The van der Waals surface area contributed by atoms with Crippen LogP contribution in [-0.2, 0) is 14.4 Å². The van der Waals surface area contributed by atoms with Crippen LogP contribution in [0.2, 0.25) is 0 Å². The molecule has 3 amide bonds. The van der Waals surface area contributed by atoms with Crippen molar-refractivity contribution in [3.05, 3.63) is 59.7 Å². The van der Waals surface area contributed by atoms with Gasteiger partial charge in [0.1, 0.15) is 12.3 Å². The molecule has 0 saturated carbocycles. The van der Waals surface area contributed by atoms with Gasteiger partial charge in [0.2, 0.25) is 11.8 Å². The molecule has 0 aliphatic carbocycles. The predicted molar refractivity (Wildman–Crippen MR) is 121 cm³/mol. The molecule has 0 aromatic heterocycles. The number of aryl methyl sites for hydroxylation is 1. The normalized spacial score (nSPS) is 13.0. The van der Waals surface area contributed by atoms with Crippen molar-refractivity contribution in [1.82, 2.24) is 4.90 Å². The highest BCUT2D eigenvalue weighted by atomic mass is 16.5. The van der Waals surface area contributed by atoms with E-state index in [1.165, 1.54) is 11.0 Å². The van der Waals surface area contributed by atoms with E-state index in [2.05, 4.69) is 5.32 Å². The van der Waals surface area contributed by atoms with Crippen LogP contribution in [0.1, 0.15) is 25.0 Å². The summed E-state index contributed by atoms with van der Waals surface area (Å²) in [5.41, 5.74) is 3.05. The number of hydrogen-bond acceptors (Lipinski definition) is 4. The van der Waals surface area contributed by atoms with Crippen LogP contribution < -0.4 is 15.0 Å². The van der Waals surface area contributed by atoms with E-state index in [9.17, 15) is 14.4 Å². The Kier molecular flexibility index (Phi) is 7.07. The van der Waals surface area contributed by atoms with E-state index < -0.39 is 0 Å². The van der Waals surface area contributed by atoms with Crippen molar-refractivity contribution >= 4 is 35.2 Å². The van der Waals surface area contributed by atoms with Crippen LogP contribution in [0.3, 0.4) is 0 Å². The van der Waals surface area contributed by atoms with Gasteiger partial charge in [-0.2, -0.15) is 0 Å². The number of carbonyl (C=O) groups excluding carboxylic acids is 3. The van der Waals surface area contributed by atoms with Gasteiger partial charge in [-0.15, -0.1) is 0 Å². The van der Waals surface area contributed by atoms with E-state index in [4.69, 9.17) is 4.74 Å². The second-order valence-electron chi connectivity index (χ2n) is 7.25. The second kappa shape index (κ2) is 9.93. The fraction of sp³-hybridized carbons (Fsp3) is 0.292. The molecule has 1 aliphatic rings. The van der Waals surface area contributed by atoms with E-state index in [0.717, 1.165) is 11.1 Å². The van der Waals surface area contributed by atoms with Crippen molar-refractivity contribution in [2.75, 3.05) is 36.5 Å². The van der Waals surface area contributed by atoms with Gasteiger partial charge in [0.25, 0.3) is 5.91 Å². The lowest BCUT2D eigenvalue weighted by Crippen LogP contribution is -2.46. The van der Waals surface area contributed by atoms with Crippen molar-refractivity contribution in [1.29, 1.82) is 0 Å². The Bertz CT molecular complexity index is 994. The number of ether oxygens (including phenoxy) is 1. The molecule has 7 heteroatoms. The van der Waals surface area contributed by atoms with Gasteiger partial charge in [-0.1, -0.05) is 29.8 Å². The van der Waals surface area contributed by atoms with E-state index in [1.54, 1.807) is 29.2 Å². The summed E-state index contributed by atoms with van der Waals surface area (Å²) >= 11 is 0. The Morgan fingerprint density at radius 3 is 2.52 bits per heavy atom. The summed E-state index contributed by atoms with van der Waals surface area (Å²) in [6.45, 7) is 6.76. The summed E-state index contributed by atoms with van der Waals surface area (Å²) in [6.07, 6.45) is 3.18. The molecule has 1 heterocycles. The van der Waals surface area contributed by atoms with E-state index in [1.807, 2.05) is 45.0 Å². The third-order valence-corrected chi connectivity index (χ3v) is 5.08. The van der Waals surface area contributed by atoms with Crippen molar-refractivity contribution in [2.45, 2.75) is 20.8 Å². The molecule has 0 fully saturated rings. The number of hydrogen-bond donors (Lipinski definition) is 1. The molecule has 3 rings (SSSR count). The number of nitrogens with zero attached hydrogens (tertiary/aromatic N) is 2. The highest BCUT2D eigenvalue weighted by Crippen LogP contribution is 2.34. The Hall–Kier alpha value is -3.61. The third kappa shape index (κ3) is 5.51. The van der Waals surface area contributed by atoms with Crippen molar-refractivity contribution < 1.29 is 19.1 Å². The van der Waals surface area contributed by atoms with Gasteiger partial charge in [-0.05, 0) is 50.6 Å². The first kappa shape index (κ1) is 22.1. The topological polar surface area (TPSA) is 79.0 Å². The molecule has 0 saturated heterocycles. The quantitative estimate of drug-likeness (QED) is 0.696. The third-order valence-electron chi connectivity index (χ3n) is 5.08. The van der Waals surface area contributed by atoms with Gasteiger partial charge in [0.15, 0.2) is 6.61 Å². The van der Waals surface area contributed by atoms with Crippen LogP contribution in [0.25, 0.3) is 6.08 Å². The molecule has 0 radical (unpaired) electrons. The lowest BCUT2D eigenvalue weighted by atomic mass is 10.1. The molecule has 0 bridgehead atoms. The molecule has 31 heavy (non-hydrogen) atoms. The maximum Gasteiger partial charge on any atom is 0.265 e. The maximum absolute atomic E-state index is 12.5. The number of nitrogens with one attached hydrogen (secondary N) is 1. The van der Waals surface area contributed by atoms with Crippen LogP contribution in [0.4, 0.5) is 11.4 Å². The Balaban J connectivity index is 1.75. The molecule has 1 aliphatic heterocycles. The molecule has 1 N–H and O–H groups in total. The van der Waals surface area contributed by atoms with Crippen LogP contribution in [-0.4, -0.2) is 48.9 Å². The number of likely N-dealkylation sites (N-methyl/N-ethyl adjacent to an activating group) is 1. The fourth-order valence-corrected chi connectivity index (χ4v) is 3.30. The summed E-state index contributed by atoms with van der Waals surface area (Å²) in [7, 11) is 0. The zero-order chi connectivity index (χ0) is 22.4. The zero-order valence-corrected chi connectivity index (χ0v) is 18.1. The molecule has 7 nitrogen and oxygen atoms in total. The number of carbonyl (C=O) groups is 3. The van der Waals surface area contributed by atoms with E-state index in [-0.39, 0.29) is 30.9 Å². The number of rotatable bonds is 7. The van der Waals surface area contributed by atoms with E-state index >= 15 is 0 Å². The lowest BCUT2D eigenvalue weighted by Gasteiger charge is -2.31. The Morgan fingerprint density at radius 2 is 1.84 bits per heavy atom. The Labute approximate surface area is 182 Å². The highest BCUT2D eigenvalue weighted by molar-refractivity contribution is 6.05. The average Bonchev–Trinajstić information content (AvgIpc) is 2.76. The monoisotopic (exact) mass is 421 g/mol. The average molecular weight is 421 g/mol. The largest absolute Gasteiger partial charge is 0.482 e. The van der Waals surface area contributed by atoms with E-state index in [0.29, 0.717) is 30.2 Å². The maximum atomic E-state index is 12.5. The summed E-state index contributed by atoms with van der Waals surface area (Å²) < 4.78 is 5.49. The first-order valence-electron chi connectivity index (χ1n) is 10.3. The molecule has 0 unspecified atom stereocenters. The van der Waals surface area contributed by atoms with Crippen LogP contribution >= 0.6 is 0 Å². The molecule has 0 spiro atoms. The molecule has 2 aromatic carbocycles. The van der Waals surface area contributed by atoms with Gasteiger partial charge < -0.3 is 15.0 Å². The molecule has 2 aromatic rings. The number of anilines is 2. The molecule has 0 atom stereocenters. The lowest BCUT2D eigenvalue weighted by molar-refractivity contribution is -0.131. The fourth-order valence-electron chi connectivity index (χ4n) is 3.30. The SMILES string of the molecule is CCN(CC)C(=O)CN1C(=O)COc2ccc(NC(=O)/C=C/c3ccc(C)cc3)cc21. The van der Waals surface area contributed by atoms with Crippen molar-refractivity contribution in [3.63, 3.8) is 0 Å². The minimum atomic E-state index is -0.297. The van der Waals surface area contributed by atoms with Gasteiger partial charge in [0, 0.05) is 24.9 Å². The highest BCUT2D eigenvalue weighted by Gasteiger charge is 2.28. The molecular formula is C24H27N3O4. The molecule has 162 valence electrons. The summed E-state index contributed by atoms with van der Waals surface area (Å²) in [5, 5.41) is 2.79. The molecular weight excluding hydrogens is 394 g/mol. The second-order valence-corrected chi connectivity index (χ2v) is 7.25. The first-order valence-corrected chi connectivity index (χ1v) is 10.3. The zero-order valence-electron chi connectivity index (χ0n) is 18.1. The minimum absolute atomic E-state index is 0.0679. The van der Waals surface area contributed by atoms with Crippen LogP contribution in [0.15, 0.2) is 48.5 Å². The number of benzene rings is 2. The minimum Gasteiger partial charge on any atom is -0.482 e. The standard InChI is InChI=1S/C24H27N3O4/c1-4-26(5-2)23(29)15-27-20-14-19(11-12-21(20)31-16-24(27)30)25-22(28)13-10-18-8-6-17(3)7-9-18/h6-14H,4-5,15-16H2,1-3H3,(H,25,28)/b13-10+. The number of fused-ring (bicyclic) bond motifs is 1. The first-order chi connectivity index (χ1) is 14.9. The van der Waals surface area contributed by atoms with Gasteiger partial charge in [0.05, 0.1) is 5.69 Å². The van der Waals surface area contributed by atoms with Crippen molar-refractivity contribution in [2.24, 2.45) is 0 Å². The Morgan fingerprint density at radius 1 is 1.13 bits per heavy atom. The van der Waals surface area contributed by atoms with Crippen molar-refractivity contribution in [3.8, 4) is 5.75 Å². The van der Waals surface area contributed by atoms with Gasteiger partial charge in [-0.3, -0.25) is 19.3 Å².